The third-order valence-electron chi connectivity index (χ3n) is 0.567. The quantitative estimate of drug-likeness (QED) is 0.370. The fourth-order valence-electron chi connectivity index (χ4n) is 0.850. The van der Waals surface area contributed by atoms with Crippen LogP contribution in [0.5, 0.6) is 0 Å². The third kappa shape index (κ3) is 9.16. The molecule has 0 atom stereocenters. The van der Waals surface area contributed by atoms with Gasteiger partial charge in [-0.25, -0.2) is 0 Å². The van der Waals surface area contributed by atoms with Crippen LogP contribution in [0.15, 0.2) is 0 Å². The summed E-state index contributed by atoms with van der Waals surface area (Å²) in [6.45, 7) is 15.1. The molecule has 3 heteroatoms. The van der Waals surface area contributed by atoms with Gasteiger partial charge in [0.1, 0.15) is 19.6 Å². The van der Waals surface area contributed by atoms with Crippen molar-refractivity contribution in [1.29, 1.82) is 0 Å². The molecule has 0 heterocycles. The minimum Gasteiger partial charge on any atom is -0.0268 e. The minimum absolute atomic E-state index is 0.616. The molecule has 0 unspecified atom stereocenters. The molecule has 0 rings (SSSR count). The zero-order valence-electron chi connectivity index (χ0n) is 7.38. The maximum absolute atomic E-state index is 2.51. The van der Waals surface area contributed by atoms with E-state index in [4.69, 9.17) is 0 Å². The summed E-state index contributed by atoms with van der Waals surface area (Å²) in [5, 5.41) is 0. The monoisotopic (exact) mass is 273 g/mol. The lowest BCUT2D eigenvalue weighted by atomic mass is 11.8. The summed E-state index contributed by atoms with van der Waals surface area (Å²) in [4.78, 5) is 0. The fourth-order valence-corrected chi connectivity index (χ4v) is 51.3. The van der Waals surface area contributed by atoms with Gasteiger partial charge in [-0.1, -0.05) is 0 Å². The van der Waals surface area contributed by atoms with E-state index >= 15 is 0 Å². The van der Waals surface area contributed by atoms with E-state index in [0.29, 0.717) is 19.6 Å². The summed E-state index contributed by atoms with van der Waals surface area (Å²) in [5.41, 5.74) is -1.24. The molecule has 0 aliphatic rings. The van der Waals surface area contributed by atoms with Gasteiger partial charge in [0.05, 0.1) is 0 Å². The molecular formula is C6H18ISi2+. The van der Waals surface area contributed by atoms with Crippen molar-refractivity contribution in [2.45, 2.75) is 39.3 Å². The Kier molecular flexibility index (Phi) is 3.44. The predicted molar refractivity (Wildman–Crippen MR) is 46.7 cm³/mol. The molecule has 0 aromatic rings. The number of halogens is 1. The third-order valence-corrected chi connectivity index (χ3v) is 34.2. The second kappa shape index (κ2) is 3.04. The van der Waals surface area contributed by atoms with Crippen molar-refractivity contribution >= 4 is 11.1 Å². The van der Waals surface area contributed by atoms with E-state index in [2.05, 4.69) is 39.3 Å². The van der Waals surface area contributed by atoms with Gasteiger partial charge in [0, 0.05) is 0 Å². The minimum atomic E-state index is -0.621. The molecule has 0 saturated heterocycles. The van der Waals surface area contributed by atoms with E-state index in [1.807, 2.05) is 0 Å². The Balaban J connectivity index is 3.75. The highest BCUT2D eigenvalue weighted by atomic mass is 127. The zero-order chi connectivity index (χ0) is 7.71. The predicted octanol–water partition coefficient (Wildman–Crippen LogP) is -0.255. The highest BCUT2D eigenvalue weighted by Gasteiger charge is 2.41. The molecule has 0 aromatic heterocycles. The molecule has 0 spiro atoms. The molecule has 0 radical (unpaired) electrons. The standard InChI is InChI=1S/C6H18ISi2/c1-8(2,3)7-9(4,5)6/h1-6H3/q+1. The number of hydrogen-bond donors (Lipinski definition) is 0. The summed E-state index contributed by atoms with van der Waals surface area (Å²) in [6.07, 6.45) is 0. The van der Waals surface area contributed by atoms with Crippen molar-refractivity contribution in [3.8, 4) is 0 Å². The molecule has 0 aliphatic carbocycles. The van der Waals surface area contributed by atoms with E-state index in [0.717, 1.165) is 0 Å². The van der Waals surface area contributed by atoms with Gasteiger partial charge in [0.25, 0.3) is 0 Å². The van der Waals surface area contributed by atoms with Gasteiger partial charge in [0.2, 0.25) is 0 Å². The maximum atomic E-state index is 2.51. The molecule has 0 nitrogen and oxygen atoms in total. The van der Waals surface area contributed by atoms with Crippen molar-refractivity contribution in [1.82, 2.24) is 0 Å². The summed E-state index contributed by atoms with van der Waals surface area (Å²) < 4.78 is 0. The molecule has 0 N–H and O–H groups in total. The van der Waals surface area contributed by atoms with Crippen LogP contribution in [0.4, 0.5) is 0 Å². The number of rotatable bonds is 2. The van der Waals surface area contributed by atoms with Crippen LogP contribution in [-0.2, 0) is 0 Å². The van der Waals surface area contributed by atoms with E-state index in [9.17, 15) is 0 Å². The second-order valence-electron chi connectivity index (χ2n) is 4.23. The Morgan fingerprint density at radius 3 is 0.889 bits per heavy atom. The van der Waals surface area contributed by atoms with Crippen LogP contribution in [0.1, 0.15) is 0 Å². The first-order chi connectivity index (χ1) is 3.71. The van der Waals surface area contributed by atoms with Crippen molar-refractivity contribution in [2.75, 3.05) is 0 Å². The normalized spacial score (nSPS) is 14.0. The van der Waals surface area contributed by atoms with Crippen molar-refractivity contribution in [3.63, 3.8) is 0 Å². The van der Waals surface area contributed by atoms with Gasteiger partial charge in [-0.05, 0) is 39.3 Å². The first-order valence-electron chi connectivity index (χ1n) is 3.38. The molecule has 0 aromatic carbocycles. The Morgan fingerprint density at radius 2 is 0.889 bits per heavy atom. The molecule has 9 heavy (non-hydrogen) atoms. The molecule has 0 bridgehead atoms. The maximum Gasteiger partial charge on any atom is 0.307 e. The van der Waals surface area contributed by atoms with Gasteiger partial charge >= 0.3 is 11.1 Å². The van der Waals surface area contributed by atoms with Crippen LogP contribution < -0.4 is 19.6 Å². The number of hydrogen-bond acceptors (Lipinski definition) is 0. The molecular weight excluding hydrogens is 255 g/mol. The molecule has 56 valence electrons. The first kappa shape index (κ1) is 10.2. The van der Waals surface area contributed by atoms with Gasteiger partial charge in [0.15, 0.2) is 0 Å². The summed E-state index contributed by atoms with van der Waals surface area (Å²) in [7, 11) is 0. The topological polar surface area (TPSA) is 0 Å². The summed E-state index contributed by atoms with van der Waals surface area (Å²) in [6, 6.07) is 0. The van der Waals surface area contributed by atoms with Crippen molar-refractivity contribution < 1.29 is 19.6 Å². The van der Waals surface area contributed by atoms with Crippen molar-refractivity contribution in [2.24, 2.45) is 0 Å². The van der Waals surface area contributed by atoms with E-state index < -0.39 is 11.1 Å². The van der Waals surface area contributed by atoms with Gasteiger partial charge < -0.3 is 0 Å². The summed E-state index contributed by atoms with van der Waals surface area (Å²) >= 11 is 0.616. The first-order valence-corrected chi connectivity index (χ1v) is 16.6. The zero-order valence-corrected chi connectivity index (χ0v) is 11.5. The average Bonchev–Trinajstić information content (AvgIpc) is 1.14. The van der Waals surface area contributed by atoms with Crippen LogP contribution in [0, 0.1) is 0 Å². The van der Waals surface area contributed by atoms with E-state index in [1.165, 1.54) is 0 Å². The van der Waals surface area contributed by atoms with E-state index in [-0.39, 0.29) is 0 Å². The lowest BCUT2D eigenvalue weighted by molar-refractivity contribution is -0.386. The lowest BCUT2D eigenvalue weighted by Gasteiger charge is -2.07. The lowest BCUT2D eigenvalue weighted by Crippen LogP contribution is -3.76. The molecule has 0 saturated carbocycles. The van der Waals surface area contributed by atoms with Crippen LogP contribution in [0.2, 0.25) is 39.3 Å². The summed E-state index contributed by atoms with van der Waals surface area (Å²) in [5.74, 6) is 0. The van der Waals surface area contributed by atoms with Crippen LogP contribution in [0.3, 0.4) is 0 Å². The van der Waals surface area contributed by atoms with Gasteiger partial charge in [-0.3, -0.25) is 0 Å². The Hall–Kier alpha value is 1.16. The molecule has 0 aliphatic heterocycles. The van der Waals surface area contributed by atoms with E-state index in [1.54, 1.807) is 0 Å². The second-order valence-corrected chi connectivity index (χ2v) is 37.5. The average molecular weight is 273 g/mol. The van der Waals surface area contributed by atoms with Crippen LogP contribution in [-0.4, -0.2) is 11.1 Å². The highest BCUT2D eigenvalue weighted by Crippen LogP contribution is 1.86. The highest BCUT2D eigenvalue weighted by molar-refractivity contribution is 6.79. The van der Waals surface area contributed by atoms with Crippen LogP contribution in [0.25, 0.3) is 0 Å². The van der Waals surface area contributed by atoms with Crippen molar-refractivity contribution in [3.05, 3.63) is 0 Å². The van der Waals surface area contributed by atoms with Crippen LogP contribution >= 0.6 is 0 Å². The fraction of sp³-hybridized carbons (Fsp3) is 1.00. The Morgan fingerprint density at radius 1 is 0.667 bits per heavy atom. The smallest absolute Gasteiger partial charge is 0.0268 e. The van der Waals surface area contributed by atoms with Gasteiger partial charge in [-0.2, -0.15) is 0 Å². The SMILES string of the molecule is C[Si](C)(C)[I+][Si](C)(C)C. The Labute approximate surface area is 69.9 Å². The molecule has 0 fully saturated rings. The largest absolute Gasteiger partial charge is 0.307 e. The Bertz CT molecular complexity index is 76.2. The molecule has 0 amide bonds. The van der Waals surface area contributed by atoms with Gasteiger partial charge in [-0.15, -0.1) is 0 Å².